The van der Waals surface area contributed by atoms with E-state index in [1.165, 1.54) is 16.8 Å². The molecule has 0 radical (unpaired) electrons. The van der Waals surface area contributed by atoms with E-state index in [1.54, 1.807) is 0 Å². The van der Waals surface area contributed by atoms with Crippen molar-refractivity contribution < 1.29 is 23.5 Å². The van der Waals surface area contributed by atoms with Crippen molar-refractivity contribution in [2.75, 3.05) is 6.61 Å². The van der Waals surface area contributed by atoms with Crippen LogP contribution < -0.4 is 10.4 Å². The highest BCUT2D eigenvalue weighted by Crippen LogP contribution is 2.62. The van der Waals surface area contributed by atoms with E-state index in [9.17, 15) is 9.59 Å². The molecule has 1 heterocycles. The van der Waals surface area contributed by atoms with Gasteiger partial charge in [-0.05, 0) is 57.8 Å². The lowest BCUT2D eigenvalue weighted by molar-refractivity contribution is -0.201. The molecule has 6 rings (SSSR count). The maximum absolute atomic E-state index is 14.4. The Bertz CT molecular complexity index is 1420. The van der Waals surface area contributed by atoms with E-state index in [-0.39, 0.29) is 40.1 Å². The lowest BCUT2D eigenvalue weighted by atomic mass is 9.48. The number of rotatable bonds is 8. The molecule has 2 aromatic rings. The molecule has 6 heteroatoms. The minimum absolute atomic E-state index is 0.0130. The Kier molecular flexibility index (Phi) is 9.29. The zero-order valence-corrected chi connectivity index (χ0v) is 30.8. The van der Waals surface area contributed by atoms with Crippen LogP contribution in [0, 0.1) is 46.3 Å². The average Bonchev–Trinajstić information content (AvgIpc) is 3.32. The molecule has 3 fully saturated rings. The van der Waals surface area contributed by atoms with E-state index in [0.717, 1.165) is 19.3 Å². The Labute approximate surface area is 284 Å². The predicted octanol–water partition coefficient (Wildman–Crippen LogP) is 7.72. The number of benzene rings is 2. The number of carbonyl (C=O) groups excluding carboxylic acids is 2. The molecule has 3 aliphatic carbocycles. The monoisotopic (exact) mass is 656 g/mol. The van der Waals surface area contributed by atoms with Crippen LogP contribution in [-0.2, 0) is 23.5 Å². The minimum Gasteiger partial charge on any atom is -0.435 e. The quantitative estimate of drug-likeness (QED) is 0.126. The van der Waals surface area contributed by atoms with Gasteiger partial charge < -0.3 is 13.9 Å². The normalized spacial score (nSPS) is 33.8. The number of carbonyl (C=O) groups is 2. The molecule has 1 spiro atoms. The first-order valence-corrected chi connectivity index (χ1v) is 20.0. The second-order valence-corrected chi connectivity index (χ2v) is 21.4. The van der Waals surface area contributed by atoms with Crippen LogP contribution in [0.25, 0.3) is 0 Å². The number of Topliss-reactive ketones (excluding diaryl/α,β-unsaturated/α-hetero) is 1. The molecular weight excluding hydrogens is 601 g/mol. The summed E-state index contributed by atoms with van der Waals surface area (Å²) in [5.41, 5.74) is -1.48. The molecule has 2 aromatic carbocycles. The summed E-state index contributed by atoms with van der Waals surface area (Å²) >= 11 is 0. The van der Waals surface area contributed by atoms with Crippen molar-refractivity contribution in [3.8, 4) is 0 Å². The molecule has 2 saturated carbocycles. The smallest absolute Gasteiger partial charge is 0.323 e. The molecule has 8 atom stereocenters. The van der Waals surface area contributed by atoms with Crippen LogP contribution in [0.5, 0.6) is 0 Å². The maximum atomic E-state index is 14.4. The highest BCUT2D eigenvalue weighted by Gasteiger charge is 2.72. The molecule has 1 aliphatic heterocycles. The molecule has 0 aromatic heterocycles. The fourth-order valence-corrected chi connectivity index (χ4v) is 14.5. The van der Waals surface area contributed by atoms with Gasteiger partial charge in [0.25, 0.3) is 8.32 Å². The summed E-state index contributed by atoms with van der Waals surface area (Å²) < 4.78 is 20.8. The standard InChI is InChI=1S/C41H56O5Si/c1-27(2)32-21-19-28(3)25-33(32)45-37-36-29(20-22-34-40(7,8)24-23-35(42)41(34,36)38(43)46-37)26-44-47(39(4,5)6,30-15-11-9-12-16-30)31-17-13-10-14-18-31/h9-18,20,22,27-29,32-34,36-37H,19,21,23-26H2,1-8H3/t28-,29+,32+,33-,34-,36+,37-,41-/m0/s1. The minimum atomic E-state index is -2.87. The zero-order chi connectivity index (χ0) is 33.8. The van der Waals surface area contributed by atoms with E-state index in [4.69, 9.17) is 13.9 Å². The maximum Gasteiger partial charge on any atom is 0.323 e. The number of hydrogen-bond donors (Lipinski definition) is 0. The third-order valence-electron chi connectivity index (χ3n) is 12.4. The summed E-state index contributed by atoms with van der Waals surface area (Å²) in [4.78, 5) is 28.7. The molecule has 47 heavy (non-hydrogen) atoms. The van der Waals surface area contributed by atoms with Crippen molar-refractivity contribution in [3.05, 3.63) is 72.8 Å². The van der Waals surface area contributed by atoms with Crippen molar-refractivity contribution >= 4 is 30.4 Å². The first kappa shape index (κ1) is 34.3. The Balaban J connectivity index is 1.44. The lowest BCUT2D eigenvalue weighted by Crippen LogP contribution is -2.67. The number of hydrogen-bond acceptors (Lipinski definition) is 5. The van der Waals surface area contributed by atoms with Gasteiger partial charge in [0.05, 0.1) is 12.0 Å². The van der Waals surface area contributed by atoms with Gasteiger partial charge in [-0.15, -0.1) is 0 Å². The third-order valence-corrected chi connectivity index (χ3v) is 17.4. The van der Waals surface area contributed by atoms with E-state index in [2.05, 4.69) is 128 Å². The lowest BCUT2D eigenvalue weighted by Gasteiger charge is -2.52. The first-order valence-electron chi connectivity index (χ1n) is 18.1. The number of ether oxygens (including phenoxy) is 2. The molecule has 0 N–H and O–H groups in total. The Morgan fingerprint density at radius 1 is 0.936 bits per heavy atom. The number of cyclic esters (lactones) is 1. The third kappa shape index (κ3) is 5.70. The van der Waals surface area contributed by atoms with Crippen LogP contribution >= 0.6 is 0 Å². The Morgan fingerprint density at radius 2 is 1.55 bits per heavy atom. The SMILES string of the molecule is CC(C)[C@H]1CC[C@H](C)C[C@@H]1O[C@H]1OC(=O)[C@]23C(=O)CCC(C)(C)[C@@H]2C=C[C@H](CO[Si](c2ccccc2)(c2ccccc2)C(C)(C)C)[C@H]13. The van der Waals surface area contributed by atoms with Crippen molar-refractivity contribution in [1.29, 1.82) is 0 Å². The largest absolute Gasteiger partial charge is 0.435 e. The molecule has 4 aliphatic rings. The van der Waals surface area contributed by atoms with Crippen LogP contribution in [0.15, 0.2) is 72.8 Å². The van der Waals surface area contributed by atoms with Gasteiger partial charge in [-0.2, -0.15) is 0 Å². The first-order chi connectivity index (χ1) is 22.2. The van der Waals surface area contributed by atoms with Crippen LogP contribution in [0.3, 0.4) is 0 Å². The average molecular weight is 657 g/mol. The summed E-state index contributed by atoms with van der Waals surface area (Å²) in [6.45, 7) is 18.5. The predicted molar refractivity (Wildman–Crippen MR) is 190 cm³/mol. The Morgan fingerprint density at radius 3 is 2.13 bits per heavy atom. The second-order valence-electron chi connectivity index (χ2n) is 17.1. The highest BCUT2D eigenvalue weighted by molar-refractivity contribution is 6.99. The van der Waals surface area contributed by atoms with Gasteiger partial charge in [0.15, 0.2) is 5.78 Å². The van der Waals surface area contributed by atoms with Crippen LogP contribution in [-0.4, -0.2) is 39.1 Å². The van der Waals surface area contributed by atoms with Gasteiger partial charge in [0.2, 0.25) is 6.29 Å². The van der Waals surface area contributed by atoms with Crippen LogP contribution in [0.2, 0.25) is 5.04 Å². The molecular formula is C41H56O5Si. The molecule has 0 unspecified atom stereocenters. The van der Waals surface area contributed by atoms with Crippen LogP contribution in [0.4, 0.5) is 0 Å². The summed E-state index contributed by atoms with van der Waals surface area (Å²) in [5, 5.41) is 2.23. The fraction of sp³-hybridized carbons (Fsp3) is 0.610. The topological polar surface area (TPSA) is 61.8 Å². The number of ketones is 1. The summed E-state index contributed by atoms with van der Waals surface area (Å²) in [5.74, 6) is 0.118. The van der Waals surface area contributed by atoms with Gasteiger partial charge in [-0.3, -0.25) is 9.59 Å². The van der Waals surface area contributed by atoms with E-state index >= 15 is 0 Å². The van der Waals surface area contributed by atoms with Crippen LogP contribution in [0.1, 0.15) is 87.5 Å². The fourth-order valence-electron chi connectivity index (χ4n) is 9.87. The molecule has 254 valence electrons. The van der Waals surface area contributed by atoms with Gasteiger partial charge in [-0.1, -0.05) is 135 Å². The highest BCUT2D eigenvalue weighted by atomic mass is 28.4. The zero-order valence-electron chi connectivity index (χ0n) is 29.8. The van der Waals surface area contributed by atoms with Crippen molar-refractivity contribution in [2.45, 2.75) is 105 Å². The Hall–Kier alpha value is -2.54. The van der Waals surface area contributed by atoms with Gasteiger partial charge in [0.1, 0.15) is 5.41 Å². The van der Waals surface area contributed by atoms with Gasteiger partial charge >= 0.3 is 5.97 Å². The van der Waals surface area contributed by atoms with E-state index in [1.807, 2.05) is 0 Å². The van der Waals surface area contributed by atoms with E-state index in [0.29, 0.717) is 30.8 Å². The molecule has 0 bridgehead atoms. The van der Waals surface area contributed by atoms with Crippen molar-refractivity contribution in [1.82, 2.24) is 0 Å². The summed E-state index contributed by atoms with van der Waals surface area (Å²) in [7, 11) is -2.87. The summed E-state index contributed by atoms with van der Waals surface area (Å²) in [6.07, 6.45) is 7.99. The van der Waals surface area contributed by atoms with Crippen molar-refractivity contribution in [2.24, 2.45) is 46.3 Å². The summed E-state index contributed by atoms with van der Waals surface area (Å²) in [6, 6.07) is 21.3. The molecule has 1 saturated heterocycles. The second kappa shape index (κ2) is 12.7. The molecule has 5 nitrogen and oxygen atoms in total. The van der Waals surface area contributed by atoms with E-state index < -0.39 is 25.9 Å². The van der Waals surface area contributed by atoms with Gasteiger partial charge in [0, 0.05) is 24.9 Å². The number of esters is 1. The number of allylic oxidation sites excluding steroid dienone is 1. The molecule has 0 amide bonds. The van der Waals surface area contributed by atoms with Gasteiger partial charge in [-0.25, -0.2) is 0 Å². The van der Waals surface area contributed by atoms with Crippen molar-refractivity contribution in [3.63, 3.8) is 0 Å².